The highest BCUT2D eigenvalue weighted by Crippen LogP contribution is 2.25. The monoisotopic (exact) mass is 387 g/mol. The molecule has 0 spiro atoms. The van der Waals surface area contributed by atoms with Crippen molar-refractivity contribution >= 4 is 33.0 Å². The van der Waals surface area contributed by atoms with Crippen molar-refractivity contribution in [3.63, 3.8) is 0 Å². The van der Waals surface area contributed by atoms with E-state index in [-0.39, 0.29) is 11.7 Å². The van der Waals surface area contributed by atoms with Gasteiger partial charge in [0, 0.05) is 36.6 Å². The molecule has 3 rings (SSSR count). The van der Waals surface area contributed by atoms with Crippen LogP contribution in [0.2, 0.25) is 0 Å². The Balaban J connectivity index is 1.74. The molecule has 1 aliphatic heterocycles. The van der Waals surface area contributed by atoms with Crippen molar-refractivity contribution in [2.24, 2.45) is 0 Å². The fraction of sp³-hybridized carbons (Fsp3) is 0.350. The molecule has 1 saturated heterocycles. The van der Waals surface area contributed by atoms with Gasteiger partial charge < -0.3 is 10.2 Å². The second kappa shape index (κ2) is 8.00. The van der Waals surface area contributed by atoms with Crippen LogP contribution < -0.4 is 14.5 Å². The molecule has 0 aliphatic carbocycles. The van der Waals surface area contributed by atoms with E-state index < -0.39 is 10.0 Å². The van der Waals surface area contributed by atoms with Crippen molar-refractivity contribution in [1.82, 2.24) is 0 Å². The fourth-order valence-electron chi connectivity index (χ4n) is 3.28. The van der Waals surface area contributed by atoms with Crippen LogP contribution in [0, 0.1) is 0 Å². The lowest BCUT2D eigenvalue weighted by molar-refractivity contribution is 0.102. The Morgan fingerprint density at radius 1 is 1.11 bits per heavy atom. The van der Waals surface area contributed by atoms with Gasteiger partial charge in [-0.25, -0.2) is 8.42 Å². The Morgan fingerprint density at radius 3 is 2.41 bits per heavy atom. The minimum absolute atomic E-state index is 0.155. The normalized spacial score (nSPS) is 15.6. The zero-order valence-electron chi connectivity index (χ0n) is 15.7. The second-order valence-electron chi connectivity index (χ2n) is 6.47. The van der Waals surface area contributed by atoms with Crippen LogP contribution in [0.4, 0.5) is 17.1 Å². The third kappa shape index (κ3) is 4.24. The van der Waals surface area contributed by atoms with Gasteiger partial charge in [-0.3, -0.25) is 9.10 Å². The van der Waals surface area contributed by atoms with Gasteiger partial charge in [0.1, 0.15) is 0 Å². The van der Waals surface area contributed by atoms with Crippen LogP contribution >= 0.6 is 0 Å². The first kappa shape index (κ1) is 19.2. The molecule has 2 aromatic rings. The minimum atomic E-state index is -3.26. The number of carbonyl (C=O) groups is 1. The molecule has 2 aromatic carbocycles. The summed E-state index contributed by atoms with van der Waals surface area (Å²) in [7, 11) is -3.26. The molecule has 0 radical (unpaired) electrons. The van der Waals surface area contributed by atoms with Gasteiger partial charge in [-0.05, 0) is 62.7 Å². The first-order valence-corrected chi connectivity index (χ1v) is 10.8. The van der Waals surface area contributed by atoms with Gasteiger partial charge in [0.2, 0.25) is 10.0 Å². The Kier molecular flexibility index (Phi) is 5.70. The number of hydrogen-bond donors (Lipinski definition) is 1. The average Bonchev–Trinajstić information content (AvgIpc) is 3.03. The van der Waals surface area contributed by atoms with E-state index in [1.54, 1.807) is 24.3 Å². The topological polar surface area (TPSA) is 69.7 Å². The van der Waals surface area contributed by atoms with Crippen molar-refractivity contribution in [1.29, 1.82) is 0 Å². The Labute approximate surface area is 160 Å². The van der Waals surface area contributed by atoms with E-state index in [0.29, 0.717) is 29.9 Å². The molecular weight excluding hydrogens is 362 g/mol. The lowest BCUT2D eigenvalue weighted by Crippen LogP contribution is -2.25. The highest BCUT2D eigenvalue weighted by atomic mass is 32.2. The average molecular weight is 388 g/mol. The maximum atomic E-state index is 12.6. The minimum Gasteiger partial charge on any atom is -0.372 e. The van der Waals surface area contributed by atoms with Gasteiger partial charge in [-0.2, -0.15) is 0 Å². The number of benzene rings is 2. The molecule has 1 heterocycles. The van der Waals surface area contributed by atoms with E-state index >= 15 is 0 Å². The number of hydrogen-bond acceptors (Lipinski definition) is 4. The molecule has 6 nitrogen and oxygen atoms in total. The lowest BCUT2D eigenvalue weighted by Gasteiger charge is -2.21. The van der Waals surface area contributed by atoms with Gasteiger partial charge in [0.05, 0.1) is 11.4 Å². The van der Waals surface area contributed by atoms with Crippen LogP contribution in [0.3, 0.4) is 0 Å². The molecule has 1 fully saturated rings. The van der Waals surface area contributed by atoms with E-state index in [1.165, 1.54) is 4.31 Å². The molecule has 0 saturated carbocycles. The molecule has 0 bridgehead atoms. The van der Waals surface area contributed by atoms with Crippen LogP contribution in [-0.4, -0.2) is 39.7 Å². The van der Waals surface area contributed by atoms with Crippen LogP contribution in [0.25, 0.3) is 0 Å². The highest BCUT2D eigenvalue weighted by Gasteiger charge is 2.28. The van der Waals surface area contributed by atoms with Gasteiger partial charge in [0.25, 0.3) is 5.91 Å². The third-order valence-corrected chi connectivity index (χ3v) is 6.62. The Morgan fingerprint density at radius 2 is 1.81 bits per heavy atom. The molecule has 1 amide bonds. The predicted octanol–water partition coefficient (Wildman–Crippen LogP) is 3.33. The summed E-state index contributed by atoms with van der Waals surface area (Å²) < 4.78 is 25.6. The lowest BCUT2D eigenvalue weighted by atomic mass is 10.1. The Hall–Kier alpha value is -2.54. The second-order valence-corrected chi connectivity index (χ2v) is 8.48. The molecule has 0 atom stereocenters. The molecule has 7 heteroatoms. The van der Waals surface area contributed by atoms with Crippen molar-refractivity contribution in [2.75, 3.05) is 39.9 Å². The molecule has 1 aliphatic rings. The quantitative estimate of drug-likeness (QED) is 0.825. The maximum absolute atomic E-state index is 12.6. The summed E-state index contributed by atoms with van der Waals surface area (Å²) in [5.41, 5.74) is 2.79. The third-order valence-electron chi connectivity index (χ3n) is 4.75. The fourth-order valence-corrected chi connectivity index (χ4v) is 4.84. The first-order valence-electron chi connectivity index (χ1n) is 9.21. The Bertz CT molecular complexity index is 906. The smallest absolute Gasteiger partial charge is 0.255 e. The molecule has 144 valence electrons. The summed E-state index contributed by atoms with van der Waals surface area (Å²) in [5, 5.41) is 2.87. The molecule has 0 unspecified atom stereocenters. The highest BCUT2D eigenvalue weighted by molar-refractivity contribution is 7.93. The van der Waals surface area contributed by atoms with Crippen molar-refractivity contribution in [3.05, 3.63) is 54.1 Å². The van der Waals surface area contributed by atoms with E-state index in [9.17, 15) is 13.2 Å². The summed E-state index contributed by atoms with van der Waals surface area (Å²) in [4.78, 5) is 14.8. The molecule has 0 aromatic heterocycles. The van der Waals surface area contributed by atoms with Gasteiger partial charge >= 0.3 is 0 Å². The van der Waals surface area contributed by atoms with Crippen LogP contribution in [0.5, 0.6) is 0 Å². The van der Waals surface area contributed by atoms with Gasteiger partial charge in [0.15, 0.2) is 0 Å². The van der Waals surface area contributed by atoms with Crippen LogP contribution in [-0.2, 0) is 10.0 Å². The molecule has 1 N–H and O–H groups in total. The van der Waals surface area contributed by atoms with Crippen molar-refractivity contribution in [3.8, 4) is 0 Å². The van der Waals surface area contributed by atoms with Gasteiger partial charge in [-0.15, -0.1) is 0 Å². The van der Waals surface area contributed by atoms with Crippen molar-refractivity contribution < 1.29 is 13.2 Å². The molecular formula is C20H25N3O3S. The maximum Gasteiger partial charge on any atom is 0.255 e. The van der Waals surface area contributed by atoms with E-state index in [2.05, 4.69) is 24.1 Å². The number of carbonyl (C=O) groups excluding carboxylic acids is 1. The van der Waals surface area contributed by atoms with Crippen molar-refractivity contribution in [2.45, 2.75) is 20.3 Å². The summed E-state index contributed by atoms with van der Waals surface area (Å²) in [5.74, 6) is -0.105. The van der Waals surface area contributed by atoms with Gasteiger partial charge in [-0.1, -0.05) is 6.07 Å². The van der Waals surface area contributed by atoms with Crippen LogP contribution in [0.15, 0.2) is 48.5 Å². The van der Waals surface area contributed by atoms with E-state index in [0.717, 1.165) is 18.8 Å². The molecule has 27 heavy (non-hydrogen) atoms. The standard InChI is InChI=1S/C20H25N3O3S/c1-3-22(4-2)18-11-9-17(10-12-18)21-20(24)16-7-5-8-19(15-16)23-13-6-14-27(23,25)26/h5,7-12,15H,3-4,6,13-14H2,1-2H3,(H,21,24). The van der Waals surface area contributed by atoms with E-state index in [1.807, 2.05) is 24.3 Å². The number of nitrogens with zero attached hydrogens (tertiary/aromatic N) is 2. The number of sulfonamides is 1. The number of rotatable bonds is 6. The number of nitrogens with one attached hydrogen (secondary N) is 1. The SMILES string of the molecule is CCN(CC)c1ccc(NC(=O)c2cccc(N3CCCS3(=O)=O)c2)cc1. The number of amides is 1. The summed E-state index contributed by atoms with van der Waals surface area (Å²) in [6.45, 7) is 6.52. The summed E-state index contributed by atoms with van der Waals surface area (Å²) >= 11 is 0. The van der Waals surface area contributed by atoms with E-state index in [4.69, 9.17) is 0 Å². The van der Waals surface area contributed by atoms with Crippen LogP contribution in [0.1, 0.15) is 30.6 Å². The number of anilines is 3. The predicted molar refractivity (Wildman–Crippen MR) is 110 cm³/mol. The zero-order valence-corrected chi connectivity index (χ0v) is 16.5. The summed E-state index contributed by atoms with van der Waals surface area (Å²) in [6, 6.07) is 14.5. The zero-order chi connectivity index (χ0) is 19.4. The first-order chi connectivity index (χ1) is 12.9. The largest absolute Gasteiger partial charge is 0.372 e. The summed E-state index contributed by atoms with van der Waals surface area (Å²) in [6.07, 6.45) is 0.609.